The van der Waals surface area contributed by atoms with Gasteiger partial charge in [0.25, 0.3) is 0 Å². The average Bonchev–Trinajstić information content (AvgIpc) is 2.82. The van der Waals surface area contributed by atoms with Crippen LogP contribution in [0.3, 0.4) is 0 Å². The molecule has 182 valence electrons. The van der Waals surface area contributed by atoms with Crippen molar-refractivity contribution in [3.63, 3.8) is 0 Å². The smallest absolute Gasteiger partial charge is 0.384 e. The largest absolute Gasteiger partial charge is 0.416 e. The average molecular weight is 471 g/mol. The van der Waals surface area contributed by atoms with Gasteiger partial charge in [0.05, 0.1) is 11.3 Å². The summed E-state index contributed by atoms with van der Waals surface area (Å²) >= 11 is 0. The van der Waals surface area contributed by atoms with Crippen molar-refractivity contribution >= 4 is 17.2 Å². The Morgan fingerprint density at radius 3 is 2.47 bits per heavy atom. The van der Waals surface area contributed by atoms with Gasteiger partial charge in [-0.1, -0.05) is 64.3 Å². The SMILES string of the molecule is CCCCC(C)CNc1cc(C(F)(F)F)ccc1-c1cc(Nc2ccccc2CCC)ncn1. The lowest BCUT2D eigenvalue weighted by Crippen LogP contribution is -2.13. The number of para-hydroxylation sites is 1. The lowest BCUT2D eigenvalue weighted by atomic mass is 10.0. The molecule has 0 fully saturated rings. The summed E-state index contributed by atoms with van der Waals surface area (Å²) in [7, 11) is 0. The van der Waals surface area contributed by atoms with E-state index in [9.17, 15) is 13.2 Å². The van der Waals surface area contributed by atoms with Crippen LogP contribution in [0.5, 0.6) is 0 Å². The maximum Gasteiger partial charge on any atom is 0.416 e. The summed E-state index contributed by atoms with van der Waals surface area (Å²) < 4.78 is 40.2. The van der Waals surface area contributed by atoms with E-state index < -0.39 is 11.7 Å². The number of benzene rings is 2. The predicted octanol–water partition coefficient (Wildman–Crippen LogP) is 8.10. The molecule has 0 saturated heterocycles. The zero-order valence-corrected chi connectivity index (χ0v) is 20.0. The summed E-state index contributed by atoms with van der Waals surface area (Å²) in [5.74, 6) is 0.941. The van der Waals surface area contributed by atoms with Gasteiger partial charge in [-0.3, -0.25) is 0 Å². The van der Waals surface area contributed by atoms with Gasteiger partial charge in [0.15, 0.2) is 0 Å². The lowest BCUT2D eigenvalue weighted by molar-refractivity contribution is -0.137. The molecule has 34 heavy (non-hydrogen) atoms. The van der Waals surface area contributed by atoms with Crippen molar-refractivity contribution in [3.8, 4) is 11.3 Å². The minimum absolute atomic E-state index is 0.347. The summed E-state index contributed by atoms with van der Waals surface area (Å²) in [6.45, 7) is 6.96. The predicted molar refractivity (Wildman–Crippen MR) is 133 cm³/mol. The molecule has 0 aliphatic rings. The number of alkyl halides is 3. The van der Waals surface area contributed by atoms with Crippen molar-refractivity contribution in [1.82, 2.24) is 9.97 Å². The van der Waals surface area contributed by atoms with Crippen molar-refractivity contribution in [2.45, 2.75) is 59.1 Å². The van der Waals surface area contributed by atoms with E-state index in [-0.39, 0.29) is 0 Å². The molecule has 0 spiro atoms. The van der Waals surface area contributed by atoms with Crippen LogP contribution in [0.4, 0.5) is 30.4 Å². The molecule has 0 aliphatic heterocycles. The van der Waals surface area contributed by atoms with Gasteiger partial charge in [0.2, 0.25) is 0 Å². The van der Waals surface area contributed by atoms with Gasteiger partial charge in [-0.2, -0.15) is 13.2 Å². The third kappa shape index (κ3) is 6.95. The Morgan fingerprint density at radius 1 is 0.941 bits per heavy atom. The Morgan fingerprint density at radius 2 is 1.74 bits per heavy atom. The fourth-order valence-electron chi connectivity index (χ4n) is 3.87. The molecule has 1 heterocycles. The molecular formula is C27H33F3N4. The fourth-order valence-corrected chi connectivity index (χ4v) is 3.87. The van der Waals surface area contributed by atoms with Crippen molar-refractivity contribution in [2.24, 2.45) is 5.92 Å². The van der Waals surface area contributed by atoms with Gasteiger partial charge < -0.3 is 10.6 Å². The number of nitrogens with zero attached hydrogens (tertiary/aromatic N) is 2. The Kier molecular flexibility index (Phi) is 8.91. The molecule has 3 rings (SSSR count). The second-order valence-electron chi connectivity index (χ2n) is 8.71. The number of anilines is 3. The highest BCUT2D eigenvalue weighted by molar-refractivity contribution is 5.78. The second kappa shape index (κ2) is 11.9. The zero-order chi connectivity index (χ0) is 24.6. The summed E-state index contributed by atoms with van der Waals surface area (Å²) in [6, 6.07) is 13.6. The monoisotopic (exact) mass is 470 g/mol. The van der Waals surface area contributed by atoms with Crippen LogP contribution in [0.1, 0.15) is 57.6 Å². The highest BCUT2D eigenvalue weighted by Gasteiger charge is 2.31. The van der Waals surface area contributed by atoms with Crippen LogP contribution in [0.2, 0.25) is 0 Å². The van der Waals surface area contributed by atoms with E-state index >= 15 is 0 Å². The molecule has 0 amide bonds. The van der Waals surface area contributed by atoms with Crippen LogP contribution >= 0.6 is 0 Å². The zero-order valence-electron chi connectivity index (χ0n) is 20.0. The van der Waals surface area contributed by atoms with Crippen LogP contribution in [0, 0.1) is 5.92 Å². The van der Waals surface area contributed by atoms with Gasteiger partial charge in [-0.25, -0.2) is 9.97 Å². The quantitative estimate of drug-likeness (QED) is 0.297. The van der Waals surface area contributed by atoms with E-state index in [1.165, 1.54) is 24.0 Å². The molecular weight excluding hydrogens is 437 g/mol. The van der Waals surface area contributed by atoms with E-state index in [2.05, 4.69) is 47.4 Å². The molecule has 1 atom stereocenters. The number of aryl methyl sites for hydroxylation is 1. The van der Waals surface area contributed by atoms with E-state index in [1.807, 2.05) is 18.2 Å². The number of hydrogen-bond donors (Lipinski definition) is 2. The van der Waals surface area contributed by atoms with E-state index in [0.717, 1.165) is 43.9 Å². The van der Waals surface area contributed by atoms with Gasteiger partial charge in [0.1, 0.15) is 12.1 Å². The van der Waals surface area contributed by atoms with Crippen molar-refractivity contribution in [3.05, 3.63) is 66.0 Å². The number of aromatic nitrogens is 2. The Labute approximate surface area is 200 Å². The Bertz CT molecular complexity index is 1070. The van der Waals surface area contributed by atoms with Gasteiger partial charge in [-0.05, 0) is 42.5 Å². The molecule has 1 aromatic heterocycles. The van der Waals surface area contributed by atoms with E-state index in [4.69, 9.17) is 0 Å². The number of halogens is 3. The molecule has 7 heteroatoms. The second-order valence-corrected chi connectivity index (χ2v) is 8.71. The highest BCUT2D eigenvalue weighted by atomic mass is 19.4. The molecule has 0 aliphatic carbocycles. The Balaban J connectivity index is 1.91. The molecule has 2 aromatic carbocycles. The third-order valence-electron chi connectivity index (χ3n) is 5.78. The first-order valence-electron chi connectivity index (χ1n) is 11.9. The fraction of sp³-hybridized carbons (Fsp3) is 0.407. The summed E-state index contributed by atoms with van der Waals surface area (Å²) in [4.78, 5) is 8.70. The first-order chi connectivity index (χ1) is 16.3. The lowest BCUT2D eigenvalue weighted by Gasteiger charge is -2.18. The standard InChI is InChI=1S/C27H33F3N4/c1-4-6-10-19(3)17-31-24-15-21(27(28,29)30)13-14-22(24)25-16-26(33-18-32-25)34-23-12-8-7-11-20(23)9-5-2/h7-8,11-16,18-19,31H,4-6,9-10,17H2,1-3H3,(H,32,33,34). The van der Waals surface area contributed by atoms with Crippen molar-refractivity contribution in [1.29, 1.82) is 0 Å². The van der Waals surface area contributed by atoms with Crippen LogP contribution < -0.4 is 10.6 Å². The van der Waals surface area contributed by atoms with Gasteiger partial charge in [-0.15, -0.1) is 0 Å². The summed E-state index contributed by atoms with van der Waals surface area (Å²) in [5.41, 5.74) is 3.06. The van der Waals surface area contributed by atoms with Crippen LogP contribution in [-0.4, -0.2) is 16.5 Å². The minimum atomic E-state index is -4.41. The highest BCUT2D eigenvalue weighted by Crippen LogP contribution is 2.36. The normalized spacial score (nSPS) is 12.4. The van der Waals surface area contributed by atoms with E-state index in [1.54, 1.807) is 6.07 Å². The van der Waals surface area contributed by atoms with Gasteiger partial charge in [0, 0.05) is 29.5 Å². The van der Waals surface area contributed by atoms with Crippen LogP contribution in [0.25, 0.3) is 11.3 Å². The van der Waals surface area contributed by atoms with E-state index in [0.29, 0.717) is 35.2 Å². The van der Waals surface area contributed by atoms with Crippen molar-refractivity contribution < 1.29 is 13.2 Å². The van der Waals surface area contributed by atoms with Crippen LogP contribution in [-0.2, 0) is 12.6 Å². The molecule has 0 bridgehead atoms. The minimum Gasteiger partial charge on any atom is -0.384 e. The number of unbranched alkanes of at least 4 members (excludes halogenated alkanes) is 1. The number of nitrogens with one attached hydrogen (secondary N) is 2. The van der Waals surface area contributed by atoms with Crippen molar-refractivity contribution in [2.75, 3.05) is 17.2 Å². The van der Waals surface area contributed by atoms with Gasteiger partial charge >= 0.3 is 6.18 Å². The first-order valence-corrected chi connectivity index (χ1v) is 11.9. The third-order valence-corrected chi connectivity index (χ3v) is 5.78. The maximum absolute atomic E-state index is 13.4. The summed E-state index contributed by atoms with van der Waals surface area (Å²) in [6.07, 6.45) is 2.19. The maximum atomic E-state index is 13.4. The molecule has 0 radical (unpaired) electrons. The topological polar surface area (TPSA) is 49.8 Å². The molecule has 1 unspecified atom stereocenters. The van der Waals surface area contributed by atoms with Crippen LogP contribution in [0.15, 0.2) is 54.9 Å². The molecule has 4 nitrogen and oxygen atoms in total. The molecule has 0 saturated carbocycles. The number of hydrogen-bond acceptors (Lipinski definition) is 4. The Hall–Kier alpha value is -3.09. The first kappa shape index (κ1) is 25.5. The number of rotatable bonds is 11. The molecule has 3 aromatic rings. The summed E-state index contributed by atoms with van der Waals surface area (Å²) in [5, 5.41) is 6.59. The molecule has 2 N–H and O–H groups in total.